The lowest BCUT2D eigenvalue weighted by Crippen LogP contribution is -2.19. The third-order valence-electron chi connectivity index (χ3n) is 4.41. The molecule has 152 valence electrons. The monoisotopic (exact) mass is 359 g/mol. The van der Waals surface area contributed by atoms with Gasteiger partial charge in [0.25, 0.3) is 0 Å². The van der Waals surface area contributed by atoms with Crippen LogP contribution in [0.1, 0.15) is 117 Å². The minimum atomic E-state index is -0.653. The molecule has 0 saturated carbocycles. The quantitative estimate of drug-likeness (QED) is 0.224. The topological polar surface area (TPSA) is 69.6 Å². The van der Waals surface area contributed by atoms with E-state index >= 15 is 0 Å². The van der Waals surface area contributed by atoms with Crippen LogP contribution in [0.3, 0.4) is 0 Å². The lowest BCUT2D eigenvalue weighted by molar-refractivity contribution is -0.137. The van der Waals surface area contributed by atoms with Crippen molar-refractivity contribution >= 4 is 5.97 Å². The zero-order valence-electron chi connectivity index (χ0n) is 17.2. The van der Waals surface area contributed by atoms with Crippen LogP contribution in [0.4, 0.5) is 0 Å². The van der Waals surface area contributed by atoms with Crippen LogP contribution in [0.2, 0.25) is 0 Å². The van der Waals surface area contributed by atoms with Crippen LogP contribution in [0.25, 0.3) is 0 Å². The first-order chi connectivity index (χ1) is 12.0. The first-order valence-corrected chi connectivity index (χ1v) is 10.6. The molecule has 0 saturated heterocycles. The summed E-state index contributed by atoms with van der Waals surface area (Å²) in [5.41, 5.74) is 0. The van der Waals surface area contributed by atoms with Crippen LogP contribution < -0.4 is 5.32 Å². The fourth-order valence-electron chi connectivity index (χ4n) is 2.65. The third-order valence-corrected chi connectivity index (χ3v) is 4.41. The van der Waals surface area contributed by atoms with Gasteiger partial charge in [0.05, 0.1) is 0 Å². The van der Waals surface area contributed by atoms with Crippen LogP contribution in [0.15, 0.2) is 0 Å². The van der Waals surface area contributed by atoms with E-state index < -0.39 is 5.97 Å². The molecule has 0 aliphatic carbocycles. The number of carboxylic acid groups (broad SMARTS) is 1. The highest BCUT2D eigenvalue weighted by Crippen LogP contribution is 2.13. The lowest BCUT2D eigenvalue weighted by Gasteiger charge is -2.03. The Morgan fingerprint density at radius 1 is 0.760 bits per heavy atom. The fraction of sp³-hybridized carbons (Fsp3) is 0.952. The van der Waals surface area contributed by atoms with Gasteiger partial charge in [0.15, 0.2) is 0 Å². The molecule has 0 fully saturated rings. The molecule has 0 aromatic rings. The Labute approximate surface area is 156 Å². The van der Waals surface area contributed by atoms with E-state index in [0.717, 1.165) is 12.8 Å². The van der Waals surface area contributed by atoms with Crippen LogP contribution in [-0.2, 0) is 4.79 Å². The van der Waals surface area contributed by atoms with Gasteiger partial charge in [-0.15, -0.1) is 0 Å². The summed E-state index contributed by atoms with van der Waals surface area (Å²) in [6.07, 6.45) is 19.8. The highest BCUT2D eigenvalue weighted by molar-refractivity contribution is 5.66. The smallest absolute Gasteiger partial charge is 0.303 e. The first-order valence-electron chi connectivity index (χ1n) is 10.6. The summed E-state index contributed by atoms with van der Waals surface area (Å²) in [5.74, 6) is -0.653. The average Bonchev–Trinajstić information content (AvgIpc) is 2.58. The maximum Gasteiger partial charge on any atom is 0.303 e. The van der Waals surface area contributed by atoms with Crippen LogP contribution in [-0.4, -0.2) is 29.5 Å². The Kier molecular flexibility index (Phi) is 24.9. The van der Waals surface area contributed by atoms with Gasteiger partial charge in [-0.05, 0) is 20.4 Å². The second-order valence-corrected chi connectivity index (χ2v) is 7.06. The normalized spacial score (nSPS) is 11.7. The summed E-state index contributed by atoms with van der Waals surface area (Å²) in [7, 11) is 1.70. The largest absolute Gasteiger partial charge is 0.481 e. The molecule has 25 heavy (non-hydrogen) atoms. The summed E-state index contributed by atoms with van der Waals surface area (Å²) >= 11 is 0. The number of aliphatic hydroxyl groups is 1. The number of aliphatic hydroxyl groups excluding tert-OH is 1. The molecule has 4 heteroatoms. The fourth-order valence-corrected chi connectivity index (χ4v) is 2.65. The van der Waals surface area contributed by atoms with E-state index in [9.17, 15) is 4.79 Å². The summed E-state index contributed by atoms with van der Waals surface area (Å²) in [4.78, 5) is 10.3. The molecule has 0 rings (SSSR count). The van der Waals surface area contributed by atoms with Crippen molar-refractivity contribution in [3.8, 4) is 0 Å². The highest BCUT2D eigenvalue weighted by atomic mass is 16.4. The van der Waals surface area contributed by atoms with Crippen LogP contribution >= 0.6 is 0 Å². The molecule has 0 aliphatic heterocycles. The molecule has 0 radical (unpaired) electrons. The van der Waals surface area contributed by atoms with E-state index in [0.29, 0.717) is 6.42 Å². The van der Waals surface area contributed by atoms with Gasteiger partial charge in [-0.3, -0.25) is 10.1 Å². The van der Waals surface area contributed by atoms with Crippen molar-refractivity contribution in [3.05, 3.63) is 0 Å². The molecule has 3 N–H and O–H groups in total. The molecule has 0 spiro atoms. The molecule has 0 amide bonds. The molecule has 1 atom stereocenters. The number of hydrogen-bond donors (Lipinski definition) is 3. The number of carboxylic acids is 1. The SMILES string of the molecule is CCCCCCCCCCCCCCCCCC(=O)O.CNC(C)O. The molecule has 0 aromatic carbocycles. The van der Waals surface area contributed by atoms with Gasteiger partial charge in [0.2, 0.25) is 0 Å². The van der Waals surface area contributed by atoms with Crippen molar-refractivity contribution < 1.29 is 15.0 Å². The number of hydrogen-bond acceptors (Lipinski definition) is 3. The van der Waals surface area contributed by atoms with Gasteiger partial charge in [-0.25, -0.2) is 0 Å². The van der Waals surface area contributed by atoms with E-state index in [1.165, 1.54) is 83.5 Å². The number of rotatable bonds is 17. The van der Waals surface area contributed by atoms with Gasteiger partial charge in [-0.2, -0.15) is 0 Å². The van der Waals surface area contributed by atoms with E-state index in [1.54, 1.807) is 14.0 Å². The van der Waals surface area contributed by atoms with E-state index in [1.807, 2.05) is 0 Å². The zero-order chi connectivity index (χ0) is 19.2. The van der Waals surface area contributed by atoms with Gasteiger partial charge in [0.1, 0.15) is 6.23 Å². The summed E-state index contributed by atoms with van der Waals surface area (Å²) < 4.78 is 0. The average molecular weight is 360 g/mol. The number of aliphatic carboxylic acids is 1. The summed E-state index contributed by atoms with van der Waals surface area (Å²) in [6.45, 7) is 3.94. The van der Waals surface area contributed by atoms with Gasteiger partial charge in [-0.1, -0.05) is 96.8 Å². The number of carbonyl (C=O) groups is 1. The predicted octanol–water partition coefficient (Wildman–Crippen LogP) is 5.88. The van der Waals surface area contributed by atoms with Gasteiger partial charge < -0.3 is 10.2 Å². The second-order valence-electron chi connectivity index (χ2n) is 7.06. The minimum Gasteiger partial charge on any atom is -0.481 e. The molecule has 0 aromatic heterocycles. The van der Waals surface area contributed by atoms with Crippen molar-refractivity contribution in [2.75, 3.05) is 7.05 Å². The maximum atomic E-state index is 10.3. The Hall–Kier alpha value is -0.610. The van der Waals surface area contributed by atoms with Gasteiger partial charge in [0, 0.05) is 6.42 Å². The van der Waals surface area contributed by atoms with Crippen molar-refractivity contribution in [2.24, 2.45) is 0 Å². The van der Waals surface area contributed by atoms with E-state index in [2.05, 4.69) is 12.2 Å². The maximum absolute atomic E-state index is 10.3. The molecule has 4 nitrogen and oxygen atoms in total. The van der Waals surface area contributed by atoms with Crippen LogP contribution in [0.5, 0.6) is 0 Å². The van der Waals surface area contributed by atoms with E-state index in [-0.39, 0.29) is 6.23 Å². The van der Waals surface area contributed by atoms with Crippen molar-refractivity contribution in [1.82, 2.24) is 5.32 Å². The highest BCUT2D eigenvalue weighted by Gasteiger charge is 1.97. The minimum absolute atomic E-state index is 0.345. The summed E-state index contributed by atoms with van der Waals surface area (Å²) in [5, 5.41) is 19.4. The molecule has 0 aliphatic rings. The van der Waals surface area contributed by atoms with Crippen molar-refractivity contribution in [2.45, 2.75) is 123 Å². The number of unbranched alkanes of at least 4 members (excludes halogenated alkanes) is 14. The molecule has 0 bridgehead atoms. The Morgan fingerprint density at radius 2 is 1.04 bits per heavy atom. The molecule has 1 unspecified atom stereocenters. The summed E-state index contributed by atoms with van der Waals surface area (Å²) in [6, 6.07) is 0. The van der Waals surface area contributed by atoms with Gasteiger partial charge >= 0.3 is 5.97 Å². The zero-order valence-corrected chi connectivity index (χ0v) is 17.2. The Morgan fingerprint density at radius 3 is 1.28 bits per heavy atom. The predicted molar refractivity (Wildman–Crippen MR) is 108 cm³/mol. The Bertz CT molecular complexity index is 258. The molecule has 0 heterocycles. The third kappa shape index (κ3) is 31.6. The molecular formula is C21H45NO3. The standard InChI is InChI=1S/C18H36O2.C3H9NO/c1-2-3-4-5-6-7-8-9-10-11-12-13-14-15-16-17-18(19)20;1-3(5)4-2/h2-17H2,1H3,(H,19,20);3-5H,1-2H3. The first kappa shape index (κ1) is 26.6. The second kappa shape index (κ2) is 23.4. The van der Waals surface area contributed by atoms with Crippen LogP contribution in [0, 0.1) is 0 Å². The molecular weight excluding hydrogens is 314 g/mol. The van der Waals surface area contributed by atoms with Crippen molar-refractivity contribution in [1.29, 1.82) is 0 Å². The lowest BCUT2D eigenvalue weighted by atomic mass is 10.0. The van der Waals surface area contributed by atoms with Crippen molar-refractivity contribution in [3.63, 3.8) is 0 Å². The Balaban J connectivity index is 0. The number of nitrogens with one attached hydrogen (secondary N) is 1. The van der Waals surface area contributed by atoms with E-state index in [4.69, 9.17) is 10.2 Å².